The van der Waals surface area contributed by atoms with Crippen molar-refractivity contribution < 1.29 is 14.3 Å². The van der Waals surface area contributed by atoms with E-state index in [0.717, 1.165) is 12.8 Å². The average molecular weight is 298 g/mol. The van der Waals surface area contributed by atoms with Crippen LogP contribution < -0.4 is 10.1 Å². The Hall–Kier alpha value is -1.26. The Labute approximate surface area is 124 Å². The summed E-state index contributed by atoms with van der Waals surface area (Å²) >= 11 is 6.00. The predicted molar refractivity (Wildman–Crippen MR) is 79.5 cm³/mol. The summed E-state index contributed by atoms with van der Waals surface area (Å²) in [5.41, 5.74) is 0.567. The molecule has 1 aliphatic carbocycles. The third-order valence-electron chi connectivity index (χ3n) is 3.45. The highest BCUT2D eigenvalue weighted by molar-refractivity contribution is 6.32. The molecule has 1 fully saturated rings. The lowest BCUT2D eigenvalue weighted by molar-refractivity contribution is -0.123. The molecule has 5 heteroatoms. The van der Waals surface area contributed by atoms with Crippen molar-refractivity contribution in [3.63, 3.8) is 0 Å². The first-order chi connectivity index (χ1) is 9.70. The molecule has 0 aromatic heterocycles. The molecular formula is C15H20ClNO3. The van der Waals surface area contributed by atoms with E-state index < -0.39 is 0 Å². The lowest BCUT2D eigenvalue weighted by Gasteiger charge is -2.21. The van der Waals surface area contributed by atoms with Gasteiger partial charge in [0, 0.05) is 0 Å². The van der Waals surface area contributed by atoms with Crippen LogP contribution in [0.15, 0.2) is 18.2 Å². The van der Waals surface area contributed by atoms with Gasteiger partial charge < -0.3 is 14.8 Å². The third kappa shape index (κ3) is 4.12. The highest BCUT2D eigenvalue weighted by atomic mass is 35.5. The number of amides is 1. The van der Waals surface area contributed by atoms with Gasteiger partial charge in [0.1, 0.15) is 6.61 Å². The molecule has 1 saturated carbocycles. The van der Waals surface area contributed by atoms with Crippen molar-refractivity contribution in [3.05, 3.63) is 23.2 Å². The lowest BCUT2D eigenvalue weighted by Crippen LogP contribution is -2.24. The van der Waals surface area contributed by atoms with Crippen molar-refractivity contribution in [2.75, 3.05) is 19.0 Å². The Balaban J connectivity index is 1.86. The molecule has 110 valence electrons. The zero-order valence-electron chi connectivity index (χ0n) is 11.7. The first-order valence-corrected chi connectivity index (χ1v) is 7.32. The molecule has 20 heavy (non-hydrogen) atoms. The summed E-state index contributed by atoms with van der Waals surface area (Å²) in [6.45, 7) is 0.0698. The van der Waals surface area contributed by atoms with E-state index >= 15 is 0 Å². The topological polar surface area (TPSA) is 47.6 Å². The molecule has 1 aromatic rings. The lowest BCUT2D eigenvalue weighted by atomic mass is 9.98. The molecule has 0 atom stereocenters. The summed E-state index contributed by atoms with van der Waals surface area (Å²) in [6, 6.07) is 5.24. The van der Waals surface area contributed by atoms with Gasteiger partial charge >= 0.3 is 0 Å². The number of ether oxygens (including phenoxy) is 2. The molecule has 0 radical (unpaired) electrons. The van der Waals surface area contributed by atoms with Crippen LogP contribution in [0.3, 0.4) is 0 Å². The van der Waals surface area contributed by atoms with Crippen LogP contribution >= 0.6 is 11.6 Å². The van der Waals surface area contributed by atoms with E-state index in [1.165, 1.54) is 26.4 Å². The van der Waals surface area contributed by atoms with Gasteiger partial charge in [0.2, 0.25) is 5.91 Å². The molecule has 0 heterocycles. The second-order valence-electron chi connectivity index (χ2n) is 4.94. The van der Waals surface area contributed by atoms with Crippen molar-refractivity contribution in [3.8, 4) is 5.75 Å². The minimum atomic E-state index is -0.184. The summed E-state index contributed by atoms with van der Waals surface area (Å²) in [7, 11) is 1.52. The molecule has 1 amide bonds. The number of carbonyl (C=O) groups is 1. The molecule has 4 nitrogen and oxygen atoms in total. The van der Waals surface area contributed by atoms with Crippen molar-refractivity contribution in [1.82, 2.24) is 0 Å². The molecule has 0 spiro atoms. The van der Waals surface area contributed by atoms with Crippen LogP contribution in [0.2, 0.25) is 5.02 Å². The first-order valence-electron chi connectivity index (χ1n) is 6.94. The number of hydrogen-bond acceptors (Lipinski definition) is 3. The Morgan fingerprint density at radius 3 is 2.80 bits per heavy atom. The van der Waals surface area contributed by atoms with Crippen LogP contribution in [-0.2, 0) is 9.53 Å². The van der Waals surface area contributed by atoms with Crippen LogP contribution in [0.4, 0.5) is 5.69 Å². The summed E-state index contributed by atoms with van der Waals surface area (Å²) in [5, 5.41) is 3.24. The van der Waals surface area contributed by atoms with Gasteiger partial charge in [-0.25, -0.2) is 0 Å². The zero-order valence-corrected chi connectivity index (χ0v) is 12.4. The number of carbonyl (C=O) groups excluding carboxylic acids is 1. The summed E-state index contributed by atoms with van der Waals surface area (Å²) in [6.07, 6.45) is 5.96. The summed E-state index contributed by atoms with van der Waals surface area (Å²) in [4.78, 5) is 11.9. The third-order valence-corrected chi connectivity index (χ3v) is 3.75. The van der Waals surface area contributed by atoms with E-state index in [0.29, 0.717) is 16.5 Å². The number of rotatable bonds is 5. The van der Waals surface area contributed by atoms with Crippen LogP contribution in [0.1, 0.15) is 32.1 Å². The number of halogens is 1. The average Bonchev–Trinajstić information content (AvgIpc) is 2.46. The SMILES string of the molecule is COc1c(Cl)cccc1NC(=O)COC1CCCCC1. The van der Waals surface area contributed by atoms with E-state index in [9.17, 15) is 4.79 Å². The molecule has 0 aliphatic heterocycles. The molecular weight excluding hydrogens is 278 g/mol. The Kier molecular flexibility index (Phi) is 5.68. The Bertz CT molecular complexity index is 458. The smallest absolute Gasteiger partial charge is 0.250 e. The molecule has 0 saturated heterocycles. The highest BCUT2D eigenvalue weighted by Crippen LogP contribution is 2.32. The van der Waals surface area contributed by atoms with Crippen LogP contribution in [0, 0.1) is 0 Å². The van der Waals surface area contributed by atoms with Gasteiger partial charge in [0.25, 0.3) is 0 Å². The normalized spacial score (nSPS) is 15.9. The van der Waals surface area contributed by atoms with Gasteiger partial charge in [-0.3, -0.25) is 4.79 Å². The van der Waals surface area contributed by atoms with E-state index in [1.54, 1.807) is 18.2 Å². The Morgan fingerprint density at radius 1 is 1.35 bits per heavy atom. The number of para-hydroxylation sites is 1. The number of anilines is 1. The van der Waals surface area contributed by atoms with Gasteiger partial charge in [-0.05, 0) is 25.0 Å². The molecule has 1 aromatic carbocycles. The number of benzene rings is 1. The second-order valence-corrected chi connectivity index (χ2v) is 5.35. The van der Waals surface area contributed by atoms with Gasteiger partial charge in [-0.15, -0.1) is 0 Å². The fourth-order valence-corrected chi connectivity index (χ4v) is 2.68. The van der Waals surface area contributed by atoms with Gasteiger partial charge in [-0.1, -0.05) is 36.9 Å². The van der Waals surface area contributed by atoms with Gasteiger partial charge in [0.15, 0.2) is 5.75 Å². The number of methoxy groups -OCH3 is 1. The van der Waals surface area contributed by atoms with E-state index in [-0.39, 0.29) is 18.6 Å². The summed E-state index contributed by atoms with van der Waals surface area (Å²) < 4.78 is 10.8. The second kappa shape index (κ2) is 7.50. The van der Waals surface area contributed by atoms with Crippen molar-refractivity contribution in [1.29, 1.82) is 0 Å². The summed E-state index contributed by atoms with van der Waals surface area (Å²) in [5.74, 6) is 0.288. The quantitative estimate of drug-likeness (QED) is 0.902. The number of nitrogens with one attached hydrogen (secondary N) is 1. The largest absolute Gasteiger partial charge is 0.493 e. The van der Waals surface area contributed by atoms with E-state index in [4.69, 9.17) is 21.1 Å². The van der Waals surface area contributed by atoms with Crippen molar-refractivity contribution in [2.45, 2.75) is 38.2 Å². The standard InChI is InChI=1S/C15H20ClNO3/c1-19-15-12(16)8-5-9-13(15)17-14(18)10-20-11-6-3-2-4-7-11/h5,8-9,11H,2-4,6-7,10H2,1H3,(H,17,18). The van der Waals surface area contributed by atoms with E-state index in [1.807, 2.05) is 0 Å². The van der Waals surface area contributed by atoms with Crippen LogP contribution in [-0.4, -0.2) is 25.7 Å². The minimum absolute atomic E-state index is 0.0698. The first kappa shape index (κ1) is 15.1. The highest BCUT2D eigenvalue weighted by Gasteiger charge is 2.16. The number of hydrogen-bond donors (Lipinski definition) is 1. The molecule has 1 aliphatic rings. The monoisotopic (exact) mass is 297 g/mol. The maximum absolute atomic E-state index is 11.9. The minimum Gasteiger partial charge on any atom is -0.493 e. The fraction of sp³-hybridized carbons (Fsp3) is 0.533. The fourth-order valence-electron chi connectivity index (χ4n) is 2.43. The van der Waals surface area contributed by atoms with Gasteiger partial charge in [0.05, 0.1) is 23.9 Å². The van der Waals surface area contributed by atoms with Crippen LogP contribution in [0.25, 0.3) is 0 Å². The van der Waals surface area contributed by atoms with Crippen molar-refractivity contribution in [2.24, 2.45) is 0 Å². The predicted octanol–water partition coefficient (Wildman–Crippen LogP) is 3.64. The van der Waals surface area contributed by atoms with Crippen LogP contribution in [0.5, 0.6) is 5.75 Å². The van der Waals surface area contributed by atoms with Gasteiger partial charge in [-0.2, -0.15) is 0 Å². The molecule has 1 N–H and O–H groups in total. The molecule has 2 rings (SSSR count). The van der Waals surface area contributed by atoms with Crippen molar-refractivity contribution >= 4 is 23.2 Å². The molecule has 0 bridgehead atoms. The molecule has 0 unspecified atom stereocenters. The Morgan fingerprint density at radius 2 is 2.10 bits per heavy atom. The maximum atomic E-state index is 11.9. The van der Waals surface area contributed by atoms with E-state index in [2.05, 4.69) is 5.32 Å². The maximum Gasteiger partial charge on any atom is 0.250 e. The zero-order chi connectivity index (χ0) is 14.4.